The highest BCUT2D eigenvalue weighted by Crippen LogP contribution is 2.10. The smallest absolute Gasteiger partial charge is 0.272 e. The molecule has 5 heteroatoms. The molecule has 0 aliphatic rings. The molecule has 0 aliphatic carbocycles. The summed E-state index contributed by atoms with van der Waals surface area (Å²) in [7, 11) is 0. The molecule has 108 valence electrons. The summed E-state index contributed by atoms with van der Waals surface area (Å²) in [4.78, 5) is 14.5. The van der Waals surface area contributed by atoms with Gasteiger partial charge in [0.15, 0.2) is 0 Å². The second kappa shape index (κ2) is 7.28. The van der Waals surface area contributed by atoms with E-state index in [0.717, 1.165) is 18.7 Å². The Morgan fingerprint density at radius 2 is 2.21 bits per heavy atom. The number of rotatable bonds is 7. The van der Waals surface area contributed by atoms with E-state index >= 15 is 0 Å². The van der Waals surface area contributed by atoms with Gasteiger partial charge in [0.1, 0.15) is 5.69 Å². The lowest BCUT2D eigenvalue weighted by atomic mass is 10.2. The molecule has 0 fully saturated rings. The number of aromatic nitrogens is 2. The molecule has 5 nitrogen and oxygen atoms in total. The zero-order valence-corrected chi connectivity index (χ0v) is 12.5. The Balaban J connectivity index is 2.90. The molecular weight excluding hydrogens is 240 g/mol. The first-order valence-corrected chi connectivity index (χ1v) is 7.03. The van der Waals surface area contributed by atoms with E-state index in [0.29, 0.717) is 31.2 Å². The van der Waals surface area contributed by atoms with Crippen molar-refractivity contribution < 1.29 is 4.79 Å². The van der Waals surface area contributed by atoms with E-state index in [4.69, 9.17) is 5.73 Å². The van der Waals surface area contributed by atoms with Crippen molar-refractivity contribution in [1.29, 1.82) is 0 Å². The van der Waals surface area contributed by atoms with Crippen molar-refractivity contribution in [2.75, 3.05) is 19.6 Å². The zero-order chi connectivity index (χ0) is 14.4. The van der Waals surface area contributed by atoms with Crippen LogP contribution in [0.1, 0.15) is 43.4 Å². The number of amides is 1. The maximum absolute atomic E-state index is 12.6. The first kappa shape index (κ1) is 15.7. The van der Waals surface area contributed by atoms with E-state index in [-0.39, 0.29) is 5.91 Å². The Hall–Kier alpha value is -1.36. The molecule has 1 heterocycles. The fourth-order valence-corrected chi connectivity index (χ4v) is 2.12. The van der Waals surface area contributed by atoms with Crippen molar-refractivity contribution in [2.24, 2.45) is 11.7 Å². The molecule has 1 aromatic heterocycles. The second-order valence-corrected chi connectivity index (χ2v) is 5.27. The number of hydrogen-bond donors (Lipinski definition) is 1. The maximum Gasteiger partial charge on any atom is 0.272 e. The summed E-state index contributed by atoms with van der Waals surface area (Å²) in [5, 5.41) is 4.34. The van der Waals surface area contributed by atoms with Gasteiger partial charge in [-0.25, -0.2) is 0 Å². The molecule has 0 aliphatic heterocycles. The van der Waals surface area contributed by atoms with Crippen LogP contribution in [-0.2, 0) is 6.54 Å². The quantitative estimate of drug-likeness (QED) is 0.816. The predicted octanol–water partition coefficient (Wildman–Crippen LogP) is 1.66. The third-order valence-corrected chi connectivity index (χ3v) is 2.93. The predicted molar refractivity (Wildman–Crippen MR) is 77.1 cm³/mol. The summed E-state index contributed by atoms with van der Waals surface area (Å²) in [6.45, 7) is 10.9. The van der Waals surface area contributed by atoms with Crippen LogP contribution in [0.25, 0.3) is 0 Å². The zero-order valence-electron chi connectivity index (χ0n) is 12.5. The Bertz CT molecular complexity index is 412. The summed E-state index contributed by atoms with van der Waals surface area (Å²) in [6, 6.07) is 1.86. The molecule has 0 bridgehead atoms. The first-order valence-electron chi connectivity index (χ1n) is 7.03. The monoisotopic (exact) mass is 266 g/mol. The lowest BCUT2D eigenvalue weighted by molar-refractivity contribution is 0.0722. The Kier molecular flexibility index (Phi) is 6.02. The number of nitrogens with zero attached hydrogens (tertiary/aromatic N) is 3. The van der Waals surface area contributed by atoms with Crippen LogP contribution in [0.4, 0.5) is 0 Å². The fraction of sp³-hybridized carbons (Fsp3) is 0.714. The molecule has 1 amide bonds. The van der Waals surface area contributed by atoms with Crippen LogP contribution in [-0.4, -0.2) is 40.2 Å². The normalized spacial score (nSPS) is 11.1. The first-order chi connectivity index (χ1) is 8.99. The largest absolute Gasteiger partial charge is 0.337 e. The summed E-state index contributed by atoms with van der Waals surface area (Å²) in [6.07, 6.45) is 0.831. The van der Waals surface area contributed by atoms with Crippen LogP contribution in [0, 0.1) is 12.8 Å². The van der Waals surface area contributed by atoms with Gasteiger partial charge in [0.25, 0.3) is 5.91 Å². The minimum absolute atomic E-state index is 0.0598. The van der Waals surface area contributed by atoms with E-state index in [1.807, 2.05) is 24.8 Å². The van der Waals surface area contributed by atoms with E-state index in [2.05, 4.69) is 18.9 Å². The van der Waals surface area contributed by atoms with Gasteiger partial charge < -0.3 is 10.6 Å². The van der Waals surface area contributed by atoms with Crippen LogP contribution in [0.5, 0.6) is 0 Å². The highest BCUT2D eigenvalue weighted by molar-refractivity contribution is 5.92. The van der Waals surface area contributed by atoms with Crippen LogP contribution in [0.3, 0.4) is 0 Å². The van der Waals surface area contributed by atoms with Crippen LogP contribution < -0.4 is 5.73 Å². The standard InChI is InChI=1S/C14H26N4O/c1-5-18-13(9-12(4)16-18)14(19)17(8-6-7-15)10-11(2)3/h9,11H,5-8,10,15H2,1-4H3. The van der Waals surface area contributed by atoms with Crippen LogP contribution in [0.15, 0.2) is 6.07 Å². The number of aryl methyl sites for hydroxylation is 2. The summed E-state index contributed by atoms with van der Waals surface area (Å²) >= 11 is 0. The van der Waals surface area contributed by atoms with Crippen molar-refractivity contribution in [3.63, 3.8) is 0 Å². The lowest BCUT2D eigenvalue weighted by Crippen LogP contribution is -2.37. The highest BCUT2D eigenvalue weighted by atomic mass is 16.2. The number of nitrogens with two attached hydrogens (primary N) is 1. The van der Waals surface area contributed by atoms with E-state index < -0.39 is 0 Å². The number of carbonyl (C=O) groups excluding carboxylic acids is 1. The van der Waals surface area contributed by atoms with Gasteiger partial charge in [0, 0.05) is 19.6 Å². The third kappa shape index (κ3) is 4.35. The number of hydrogen-bond acceptors (Lipinski definition) is 3. The number of carbonyl (C=O) groups is 1. The minimum Gasteiger partial charge on any atom is -0.337 e. The molecule has 0 radical (unpaired) electrons. The van der Waals surface area contributed by atoms with Gasteiger partial charge in [0.2, 0.25) is 0 Å². The molecule has 0 saturated carbocycles. The van der Waals surface area contributed by atoms with Crippen LogP contribution in [0.2, 0.25) is 0 Å². The molecule has 0 atom stereocenters. The fourth-order valence-electron chi connectivity index (χ4n) is 2.12. The van der Waals surface area contributed by atoms with Crippen molar-refractivity contribution >= 4 is 5.91 Å². The topological polar surface area (TPSA) is 64.2 Å². The molecule has 0 saturated heterocycles. The van der Waals surface area contributed by atoms with Gasteiger partial charge >= 0.3 is 0 Å². The van der Waals surface area contributed by atoms with Crippen LogP contribution >= 0.6 is 0 Å². The Morgan fingerprint density at radius 1 is 1.53 bits per heavy atom. The van der Waals surface area contributed by atoms with Gasteiger partial charge in [-0.2, -0.15) is 5.10 Å². The average molecular weight is 266 g/mol. The van der Waals surface area contributed by atoms with Gasteiger partial charge in [-0.1, -0.05) is 13.8 Å². The van der Waals surface area contributed by atoms with E-state index in [1.54, 1.807) is 4.68 Å². The summed E-state index contributed by atoms with van der Waals surface area (Å²) in [5.74, 6) is 0.505. The summed E-state index contributed by atoms with van der Waals surface area (Å²) < 4.78 is 1.77. The average Bonchev–Trinajstić information content (AvgIpc) is 2.74. The molecule has 2 N–H and O–H groups in total. The third-order valence-electron chi connectivity index (χ3n) is 2.93. The maximum atomic E-state index is 12.6. The second-order valence-electron chi connectivity index (χ2n) is 5.27. The Labute approximate surface area is 115 Å². The van der Waals surface area contributed by atoms with E-state index in [1.165, 1.54) is 0 Å². The molecular formula is C14H26N4O. The van der Waals surface area contributed by atoms with Gasteiger partial charge in [-0.05, 0) is 38.8 Å². The van der Waals surface area contributed by atoms with Crippen molar-refractivity contribution in [1.82, 2.24) is 14.7 Å². The van der Waals surface area contributed by atoms with Crippen molar-refractivity contribution in [3.05, 3.63) is 17.5 Å². The van der Waals surface area contributed by atoms with Crippen molar-refractivity contribution in [2.45, 2.75) is 40.7 Å². The minimum atomic E-state index is 0.0598. The van der Waals surface area contributed by atoms with E-state index in [9.17, 15) is 4.79 Å². The molecule has 19 heavy (non-hydrogen) atoms. The highest BCUT2D eigenvalue weighted by Gasteiger charge is 2.20. The molecule has 0 unspecified atom stereocenters. The molecule has 0 spiro atoms. The van der Waals surface area contributed by atoms with Gasteiger partial charge in [-0.15, -0.1) is 0 Å². The van der Waals surface area contributed by atoms with Crippen molar-refractivity contribution in [3.8, 4) is 0 Å². The molecule has 0 aromatic carbocycles. The van der Waals surface area contributed by atoms with Gasteiger partial charge in [0.05, 0.1) is 5.69 Å². The van der Waals surface area contributed by atoms with Gasteiger partial charge in [-0.3, -0.25) is 9.48 Å². The lowest BCUT2D eigenvalue weighted by Gasteiger charge is -2.24. The summed E-state index contributed by atoms with van der Waals surface area (Å²) in [5.41, 5.74) is 7.11. The molecule has 1 aromatic rings. The SMILES string of the molecule is CCn1nc(C)cc1C(=O)N(CCCN)CC(C)C. The molecule has 1 rings (SSSR count). The Morgan fingerprint density at radius 3 is 2.74 bits per heavy atom.